The second-order valence-electron chi connectivity index (χ2n) is 3.36. The predicted octanol–water partition coefficient (Wildman–Crippen LogP) is 2.81. The number of sulfone groups is 1. The second-order valence-corrected chi connectivity index (χ2v) is 6.39. The van der Waals surface area contributed by atoms with Crippen LogP contribution in [-0.2, 0) is 9.84 Å². The topological polar surface area (TPSA) is 47.0 Å². The molecular weight excluding hydrogens is 278 g/mol. The van der Waals surface area contributed by atoms with Crippen LogP contribution in [0.2, 0.25) is 0 Å². The van der Waals surface area contributed by atoms with Crippen molar-refractivity contribution in [1.29, 1.82) is 0 Å². The molecule has 0 N–H and O–H groups in total. The van der Waals surface area contributed by atoms with Crippen molar-refractivity contribution in [3.63, 3.8) is 0 Å². The zero-order valence-corrected chi connectivity index (χ0v) is 11.0. The number of pyridine rings is 1. The van der Waals surface area contributed by atoms with Gasteiger partial charge >= 0.3 is 0 Å². The fourth-order valence-corrected chi connectivity index (χ4v) is 3.09. The van der Waals surface area contributed by atoms with Gasteiger partial charge in [-0.25, -0.2) is 8.42 Å². The number of aromatic nitrogens is 1. The Bertz CT molecular complexity index is 417. The number of hydrogen-bond donors (Lipinski definition) is 0. The highest BCUT2D eigenvalue weighted by molar-refractivity contribution is 9.10. The Morgan fingerprint density at radius 2 is 2.07 bits per heavy atom. The Kier molecular flexibility index (Phi) is 4.73. The van der Waals surface area contributed by atoms with E-state index in [1.165, 1.54) is 6.20 Å². The Balaban J connectivity index is 2.77. The van der Waals surface area contributed by atoms with E-state index < -0.39 is 9.84 Å². The van der Waals surface area contributed by atoms with Crippen molar-refractivity contribution in [1.82, 2.24) is 4.98 Å². The van der Waals surface area contributed by atoms with Gasteiger partial charge in [0, 0.05) is 16.9 Å². The summed E-state index contributed by atoms with van der Waals surface area (Å²) in [7, 11) is -3.15. The van der Waals surface area contributed by atoms with Crippen molar-refractivity contribution in [3.8, 4) is 0 Å². The highest BCUT2D eigenvalue weighted by atomic mass is 79.9. The average molecular weight is 292 g/mol. The molecule has 5 heteroatoms. The molecule has 1 aromatic heterocycles. The third-order valence-electron chi connectivity index (χ3n) is 2.06. The second kappa shape index (κ2) is 5.61. The van der Waals surface area contributed by atoms with Crippen LogP contribution < -0.4 is 0 Å². The van der Waals surface area contributed by atoms with Crippen molar-refractivity contribution < 1.29 is 8.42 Å². The minimum atomic E-state index is -3.15. The van der Waals surface area contributed by atoms with Crippen LogP contribution in [-0.4, -0.2) is 19.2 Å². The fourth-order valence-electron chi connectivity index (χ4n) is 1.22. The zero-order valence-electron chi connectivity index (χ0n) is 8.61. The van der Waals surface area contributed by atoms with Gasteiger partial charge in [-0.15, -0.1) is 0 Å². The maximum absolute atomic E-state index is 11.8. The summed E-state index contributed by atoms with van der Waals surface area (Å²) in [6.07, 6.45) is 5.65. The normalized spacial score (nSPS) is 11.6. The molecule has 0 bridgehead atoms. The Morgan fingerprint density at radius 1 is 1.33 bits per heavy atom. The lowest BCUT2D eigenvalue weighted by atomic mass is 10.3. The van der Waals surface area contributed by atoms with Gasteiger partial charge in [0.2, 0.25) is 0 Å². The van der Waals surface area contributed by atoms with E-state index in [4.69, 9.17) is 0 Å². The van der Waals surface area contributed by atoms with Gasteiger partial charge in [0.25, 0.3) is 0 Å². The molecule has 0 amide bonds. The van der Waals surface area contributed by atoms with Crippen molar-refractivity contribution in [2.24, 2.45) is 0 Å². The molecule has 0 unspecified atom stereocenters. The molecule has 0 radical (unpaired) electrons. The highest BCUT2D eigenvalue weighted by Gasteiger charge is 2.14. The van der Waals surface area contributed by atoms with Gasteiger partial charge in [0.15, 0.2) is 9.84 Å². The van der Waals surface area contributed by atoms with Gasteiger partial charge < -0.3 is 0 Å². The van der Waals surface area contributed by atoms with Crippen molar-refractivity contribution in [3.05, 3.63) is 22.9 Å². The van der Waals surface area contributed by atoms with E-state index in [0.29, 0.717) is 15.8 Å². The van der Waals surface area contributed by atoms with Gasteiger partial charge in [0.1, 0.15) is 0 Å². The lowest BCUT2D eigenvalue weighted by Gasteiger charge is -2.03. The molecule has 84 valence electrons. The van der Waals surface area contributed by atoms with Gasteiger partial charge in [-0.05, 0) is 28.4 Å². The zero-order chi connectivity index (χ0) is 11.3. The maximum atomic E-state index is 11.8. The first-order chi connectivity index (χ1) is 7.06. The molecule has 1 aromatic rings. The van der Waals surface area contributed by atoms with Gasteiger partial charge in [-0.2, -0.15) is 0 Å². The summed E-state index contributed by atoms with van der Waals surface area (Å²) in [6.45, 7) is 2.05. The van der Waals surface area contributed by atoms with Gasteiger partial charge in [-0.3, -0.25) is 4.98 Å². The summed E-state index contributed by atoms with van der Waals surface area (Å²) in [4.78, 5) is 4.15. The van der Waals surface area contributed by atoms with Crippen LogP contribution >= 0.6 is 15.9 Å². The van der Waals surface area contributed by atoms with Gasteiger partial charge in [-0.1, -0.05) is 19.8 Å². The largest absolute Gasteiger partial charge is 0.262 e. The summed E-state index contributed by atoms with van der Waals surface area (Å²) >= 11 is 3.21. The van der Waals surface area contributed by atoms with Crippen molar-refractivity contribution >= 4 is 25.8 Å². The molecule has 0 spiro atoms. The first kappa shape index (κ1) is 12.6. The highest BCUT2D eigenvalue weighted by Crippen LogP contribution is 2.16. The van der Waals surface area contributed by atoms with Crippen LogP contribution in [0.1, 0.15) is 26.2 Å². The molecule has 0 aliphatic carbocycles. The van der Waals surface area contributed by atoms with E-state index in [1.807, 2.05) is 6.92 Å². The molecule has 15 heavy (non-hydrogen) atoms. The summed E-state index contributed by atoms with van der Waals surface area (Å²) in [5, 5.41) is 0. The molecular formula is C10H14BrNO2S. The first-order valence-corrected chi connectivity index (χ1v) is 7.34. The fraction of sp³-hybridized carbons (Fsp3) is 0.500. The average Bonchev–Trinajstić information content (AvgIpc) is 2.18. The predicted molar refractivity (Wildman–Crippen MR) is 63.5 cm³/mol. The molecule has 0 aliphatic heterocycles. The number of nitrogens with zero attached hydrogens (tertiary/aromatic N) is 1. The molecule has 3 nitrogen and oxygen atoms in total. The standard InChI is InChI=1S/C10H14BrNO2S/c1-2-3-4-5-15(13,14)10-6-9(11)7-12-8-10/h6-8H,2-5H2,1H3. The molecule has 0 fully saturated rings. The van der Waals surface area contributed by atoms with Crippen LogP contribution in [0, 0.1) is 0 Å². The first-order valence-electron chi connectivity index (χ1n) is 4.89. The molecule has 0 aromatic carbocycles. The van der Waals surface area contributed by atoms with E-state index in [1.54, 1.807) is 12.3 Å². The van der Waals surface area contributed by atoms with Crippen LogP contribution in [0.5, 0.6) is 0 Å². The number of halogens is 1. The van der Waals surface area contributed by atoms with Crippen molar-refractivity contribution in [2.75, 3.05) is 5.75 Å². The SMILES string of the molecule is CCCCCS(=O)(=O)c1cncc(Br)c1. The molecule has 0 saturated heterocycles. The lowest BCUT2D eigenvalue weighted by molar-refractivity contribution is 0.590. The van der Waals surface area contributed by atoms with Crippen LogP contribution in [0.25, 0.3) is 0 Å². The van der Waals surface area contributed by atoms with E-state index in [9.17, 15) is 8.42 Å². The summed E-state index contributed by atoms with van der Waals surface area (Å²) < 4.78 is 24.3. The quantitative estimate of drug-likeness (QED) is 0.784. The number of hydrogen-bond acceptors (Lipinski definition) is 3. The molecule has 0 saturated carbocycles. The monoisotopic (exact) mass is 291 g/mol. The van der Waals surface area contributed by atoms with Crippen LogP contribution in [0.3, 0.4) is 0 Å². The van der Waals surface area contributed by atoms with E-state index >= 15 is 0 Å². The van der Waals surface area contributed by atoms with Crippen LogP contribution in [0.15, 0.2) is 27.8 Å². The van der Waals surface area contributed by atoms with Gasteiger partial charge in [0.05, 0.1) is 10.6 Å². The molecule has 1 rings (SSSR count). The Labute approximate surface area is 99.0 Å². The molecule has 0 atom stereocenters. The number of rotatable bonds is 5. The minimum absolute atomic E-state index is 0.207. The Morgan fingerprint density at radius 3 is 2.67 bits per heavy atom. The maximum Gasteiger partial charge on any atom is 0.179 e. The Hall–Kier alpha value is -0.420. The van der Waals surface area contributed by atoms with E-state index in [-0.39, 0.29) is 5.75 Å². The third-order valence-corrected chi connectivity index (χ3v) is 4.26. The molecule has 0 aliphatic rings. The summed E-state index contributed by atoms with van der Waals surface area (Å²) in [5.74, 6) is 0.207. The smallest absolute Gasteiger partial charge is 0.179 e. The minimum Gasteiger partial charge on any atom is -0.262 e. The van der Waals surface area contributed by atoms with Crippen molar-refractivity contribution in [2.45, 2.75) is 31.1 Å². The molecule has 1 heterocycles. The van der Waals surface area contributed by atoms with E-state index in [2.05, 4.69) is 20.9 Å². The summed E-state index contributed by atoms with van der Waals surface area (Å²) in [6, 6.07) is 1.59. The lowest BCUT2D eigenvalue weighted by Crippen LogP contribution is -2.07. The van der Waals surface area contributed by atoms with Crippen LogP contribution in [0.4, 0.5) is 0 Å². The van der Waals surface area contributed by atoms with E-state index in [0.717, 1.165) is 12.8 Å². The number of unbranched alkanes of at least 4 members (excludes halogenated alkanes) is 2. The summed E-state index contributed by atoms with van der Waals surface area (Å²) in [5.41, 5.74) is 0. The third kappa shape index (κ3) is 3.91.